The average Bonchev–Trinajstić information content (AvgIpc) is 3.39. The zero-order valence-corrected chi connectivity index (χ0v) is 21.1. The van der Waals surface area contributed by atoms with E-state index >= 15 is 0 Å². The summed E-state index contributed by atoms with van der Waals surface area (Å²) in [6.07, 6.45) is 2.65. The quantitative estimate of drug-likeness (QED) is 0.340. The van der Waals surface area contributed by atoms with Gasteiger partial charge in [0.1, 0.15) is 6.61 Å². The first-order chi connectivity index (χ1) is 18.0. The van der Waals surface area contributed by atoms with Crippen molar-refractivity contribution in [3.63, 3.8) is 0 Å². The molecule has 2 saturated heterocycles. The largest absolute Gasteiger partial charge is 0.448 e. The van der Waals surface area contributed by atoms with Crippen LogP contribution >= 0.6 is 0 Å². The van der Waals surface area contributed by atoms with E-state index in [9.17, 15) is 9.90 Å². The molecular formula is C33H31NO3. The molecule has 2 bridgehead atoms. The number of aryl methyl sites for hydroxylation is 1. The second kappa shape index (κ2) is 8.46. The van der Waals surface area contributed by atoms with Crippen LogP contribution in [0.25, 0.3) is 21.9 Å². The molecular weight excluding hydrogens is 458 g/mol. The second-order valence-electron chi connectivity index (χ2n) is 11.0. The summed E-state index contributed by atoms with van der Waals surface area (Å²) >= 11 is 0. The number of hydrogen-bond acceptors (Lipinski definition) is 3. The van der Waals surface area contributed by atoms with Crippen LogP contribution in [-0.2, 0) is 10.3 Å². The monoisotopic (exact) mass is 489 g/mol. The highest BCUT2D eigenvalue weighted by Crippen LogP contribution is 2.49. The van der Waals surface area contributed by atoms with Crippen molar-refractivity contribution >= 4 is 16.9 Å². The molecule has 1 aliphatic carbocycles. The van der Waals surface area contributed by atoms with Gasteiger partial charge in [0, 0.05) is 30.8 Å². The van der Waals surface area contributed by atoms with Crippen molar-refractivity contribution in [3.05, 3.63) is 107 Å². The summed E-state index contributed by atoms with van der Waals surface area (Å²) in [6, 6.07) is 29.3. The SMILES string of the molecule is Cc1ccc2ccccc2c1C1(O)CC2CCC(C1)N2C(=O)OCC1c2ccccc2-c2ccccc21. The Bertz CT molecular complexity index is 1470. The van der Waals surface area contributed by atoms with Crippen molar-refractivity contribution in [3.8, 4) is 11.1 Å². The highest BCUT2D eigenvalue weighted by Gasteiger charge is 2.51. The summed E-state index contributed by atoms with van der Waals surface area (Å²) in [5.41, 5.74) is 6.08. The molecule has 7 rings (SSSR count). The molecule has 2 unspecified atom stereocenters. The van der Waals surface area contributed by atoms with Gasteiger partial charge in [-0.2, -0.15) is 0 Å². The molecule has 186 valence electrons. The summed E-state index contributed by atoms with van der Waals surface area (Å²) in [7, 11) is 0. The summed E-state index contributed by atoms with van der Waals surface area (Å²) in [5.74, 6) is 0.0501. The molecule has 2 aliphatic heterocycles. The van der Waals surface area contributed by atoms with Crippen LogP contribution in [0.1, 0.15) is 53.9 Å². The predicted molar refractivity (Wildman–Crippen MR) is 146 cm³/mol. The lowest BCUT2D eigenvalue weighted by molar-refractivity contribution is -0.0524. The first kappa shape index (κ1) is 22.6. The second-order valence-corrected chi connectivity index (χ2v) is 11.0. The predicted octanol–water partition coefficient (Wildman–Crippen LogP) is 6.91. The topological polar surface area (TPSA) is 49.8 Å². The molecule has 2 atom stereocenters. The van der Waals surface area contributed by atoms with Gasteiger partial charge in [-0.3, -0.25) is 0 Å². The third-order valence-corrected chi connectivity index (χ3v) is 8.92. The Hall–Kier alpha value is -3.63. The van der Waals surface area contributed by atoms with Crippen LogP contribution in [0, 0.1) is 6.92 Å². The van der Waals surface area contributed by atoms with Crippen molar-refractivity contribution in [2.24, 2.45) is 0 Å². The molecule has 0 spiro atoms. The smallest absolute Gasteiger partial charge is 0.410 e. The Balaban J connectivity index is 1.12. The van der Waals surface area contributed by atoms with Crippen molar-refractivity contribution in [2.45, 2.75) is 56.2 Å². The lowest BCUT2D eigenvalue weighted by Gasteiger charge is -2.44. The minimum atomic E-state index is -0.948. The van der Waals surface area contributed by atoms with E-state index in [2.05, 4.69) is 79.7 Å². The molecule has 4 aromatic rings. The zero-order valence-electron chi connectivity index (χ0n) is 21.1. The van der Waals surface area contributed by atoms with E-state index in [4.69, 9.17) is 4.74 Å². The number of ether oxygens (including phenoxy) is 1. The number of fused-ring (bicyclic) bond motifs is 6. The van der Waals surface area contributed by atoms with E-state index < -0.39 is 5.60 Å². The van der Waals surface area contributed by atoms with Crippen molar-refractivity contribution in [1.29, 1.82) is 0 Å². The molecule has 0 aromatic heterocycles. The van der Waals surface area contributed by atoms with E-state index in [1.807, 2.05) is 17.0 Å². The van der Waals surface area contributed by atoms with E-state index in [1.54, 1.807) is 0 Å². The normalized spacial score (nSPS) is 24.2. The molecule has 2 heterocycles. The lowest BCUT2D eigenvalue weighted by atomic mass is 9.77. The van der Waals surface area contributed by atoms with Gasteiger partial charge in [0.15, 0.2) is 0 Å². The first-order valence-electron chi connectivity index (χ1n) is 13.4. The molecule has 4 aromatic carbocycles. The fraction of sp³-hybridized carbons (Fsp3) is 0.303. The van der Waals surface area contributed by atoms with Crippen LogP contribution < -0.4 is 0 Å². The van der Waals surface area contributed by atoms with E-state index in [0.717, 1.165) is 34.7 Å². The number of nitrogens with zero attached hydrogens (tertiary/aromatic N) is 1. The fourth-order valence-electron chi connectivity index (χ4n) is 7.39. The molecule has 4 nitrogen and oxygen atoms in total. The first-order valence-corrected chi connectivity index (χ1v) is 13.4. The van der Waals surface area contributed by atoms with Crippen molar-refractivity contribution < 1.29 is 14.6 Å². The number of piperidine rings is 1. The molecule has 0 saturated carbocycles. The van der Waals surface area contributed by atoms with Gasteiger partial charge in [-0.05, 0) is 63.9 Å². The van der Waals surface area contributed by atoms with Gasteiger partial charge >= 0.3 is 6.09 Å². The third-order valence-electron chi connectivity index (χ3n) is 8.92. The molecule has 37 heavy (non-hydrogen) atoms. The maximum absolute atomic E-state index is 13.5. The minimum absolute atomic E-state index is 0.0160. The van der Waals surface area contributed by atoms with E-state index in [1.165, 1.54) is 22.3 Å². The Morgan fingerprint density at radius 3 is 2.14 bits per heavy atom. The van der Waals surface area contributed by atoms with Crippen LogP contribution in [0.2, 0.25) is 0 Å². The van der Waals surface area contributed by atoms with Gasteiger partial charge in [0.2, 0.25) is 0 Å². The van der Waals surface area contributed by atoms with Gasteiger partial charge in [-0.1, -0.05) is 84.9 Å². The zero-order chi connectivity index (χ0) is 25.1. The Kier molecular flexibility index (Phi) is 5.16. The van der Waals surface area contributed by atoms with E-state index in [-0.39, 0.29) is 24.1 Å². The highest BCUT2D eigenvalue weighted by atomic mass is 16.6. The Morgan fingerprint density at radius 1 is 0.865 bits per heavy atom. The van der Waals surface area contributed by atoms with Crippen molar-refractivity contribution in [1.82, 2.24) is 4.90 Å². The maximum atomic E-state index is 13.5. The van der Waals surface area contributed by atoms with Gasteiger partial charge in [-0.25, -0.2) is 4.79 Å². The summed E-state index contributed by atoms with van der Waals surface area (Å²) < 4.78 is 6.03. The van der Waals surface area contributed by atoms with Crippen LogP contribution in [-0.4, -0.2) is 34.8 Å². The summed E-state index contributed by atoms with van der Waals surface area (Å²) in [6.45, 7) is 2.41. The van der Waals surface area contributed by atoms with Crippen LogP contribution in [0.15, 0.2) is 84.9 Å². The molecule has 3 aliphatic rings. The van der Waals surface area contributed by atoms with Gasteiger partial charge < -0.3 is 14.7 Å². The number of hydrogen-bond donors (Lipinski definition) is 1. The number of carbonyl (C=O) groups is 1. The average molecular weight is 490 g/mol. The standard InChI is InChI=1S/C33H31NO3/c1-21-14-15-22-8-2-3-9-25(22)31(21)33(36)18-23-16-17-24(19-33)34(23)32(35)37-20-30-28-12-6-4-10-26(28)27-11-5-7-13-29(27)30/h2-15,23-24,30,36H,16-20H2,1H3. The van der Waals surface area contributed by atoms with Crippen LogP contribution in [0.4, 0.5) is 4.79 Å². The molecule has 1 amide bonds. The number of rotatable bonds is 3. The fourth-order valence-corrected chi connectivity index (χ4v) is 7.39. The Morgan fingerprint density at radius 2 is 1.46 bits per heavy atom. The Labute approximate surface area is 217 Å². The van der Waals surface area contributed by atoms with Gasteiger partial charge in [-0.15, -0.1) is 0 Å². The van der Waals surface area contributed by atoms with Crippen LogP contribution in [0.5, 0.6) is 0 Å². The highest BCUT2D eigenvalue weighted by molar-refractivity contribution is 5.87. The molecule has 2 fully saturated rings. The molecule has 0 radical (unpaired) electrons. The number of carbonyl (C=O) groups excluding carboxylic acids is 1. The number of benzene rings is 4. The van der Waals surface area contributed by atoms with Crippen LogP contribution in [0.3, 0.4) is 0 Å². The maximum Gasteiger partial charge on any atom is 0.410 e. The molecule has 1 N–H and O–H groups in total. The van der Waals surface area contributed by atoms with Gasteiger partial charge in [0.05, 0.1) is 5.60 Å². The molecule has 4 heteroatoms. The third kappa shape index (κ3) is 3.50. The number of amides is 1. The summed E-state index contributed by atoms with van der Waals surface area (Å²) in [4.78, 5) is 15.4. The van der Waals surface area contributed by atoms with Gasteiger partial charge in [0.25, 0.3) is 0 Å². The minimum Gasteiger partial charge on any atom is -0.448 e. The van der Waals surface area contributed by atoms with E-state index in [0.29, 0.717) is 19.4 Å². The van der Waals surface area contributed by atoms with Crippen molar-refractivity contribution in [2.75, 3.05) is 6.61 Å². The number of aliphatic hydroxyl groups is 1. The summed E-state index contributed by atoms with van der Waals surface area (Å²) in [5, 5.41) is 14.3. The lowest BCUT2D eigenvalue weighted by Crippen LogP contribution is -2.52.